The molecule has 1 aromatic carbocycles. The lowest BCUT2D eigenvalue weighted by Gasteiger charge is -2.25. The lowest BCUT2D eigenvalue weighted by atomic mass is 10.1. The number of hydrogen-bond donors (Lipinski definition) is 2. The molecular weight excluding hydrogens is 266 g/mol. The SMILES string of the molecule is Clc1cc(Cl)c(NC2CCNCC2)cc1Cl. The average Bonchev–Trinajstić information content (AvgIpc) is 2.27. The molecule has 1 heterocycles. The molecule has 1 fully saturated rings. The molecule has 0 aromatic heterocycles. The molecule has 0 spiro atoms. The monoisotopic (exact) mass is 278 g/mol. The number of benzene rings is 1. The number of hydrogen-bond acceptors (Lipinski definition) is 2. The van der Waals surface area contributed by atoms with E-state index >= 15 is 0 Å². The summed E-state index contributed by atoms with van der Waals surface area (Å²) in [5.74, 6) is 0. The molecule has 1 aliphatic heterocycles. The van der Waals surface area contributed by atoms with Gasteiger partial charge >= 0.3 is 0 Å². The van der Waals surface area contributed by atoms with Gasteiger partial charge in [-0.2, -0.15) is 0 Å². The van der Waals surface area contributed by atoms with Gasteiger partial charge in [-0.3, -0.25) is 0 Å². The lowest BCUT2D eigenvalue weighted by Crippen LogP contribution is -2.35. The van der Waals surface area contributed by atoms with Gasteiger partial charge in [0.2, 0.25) is 0 Å². The van der Waals surface area contributed by atoms with Gasteiger partial charge in [-0.05, 0) is 38.1 Å². The van der Waals surface area contributed by atoms with Crippen molar-refractivity contribution in [3.8, 4) is 0 Å². The first-order chi connectivity index (χ1) is 7.66. The third-order valence-electron chi connectivity index (χ3n) is 2.71. The van der Waals surface area contributed by atoms with Gasteiger partial charge in [0.25, 0.3) is 0 Å². The standard InChI is InChI=1S/C11H13Cl3N2/c12-8-5-10(14)11(6-9(8)13)16-7-1-3-15-4-2-7/h5-7,15-16H,1-4H2. The summed E-state index contributed by atoms with van der Waals surface area (Å²) in [6, 6.07) is 3.92. The molecule has 2 N–H and O–H groups in total. The van der Waals surface area contributed by atoms with Crippen molar-refractivity contribution in [3.05, 3.63) is 27.2 Å². The van der Waals surface area contributed by atoms with E-state index in [1.54, 1.807) is 12.1 Å². The fourth-order valence-electron chi connectivity index (χ4n) is 1.82. The predicted octanol–water partition coefficient (Wildman–Crippen LogP) is 3.81. The number of nitrogens with one attached hydrogen (secondary N) is 2. The summed E-state index contributed by atoms with van der Waals surface area (Å²) < 4.78 is 0. The molecule has 0 bridgehead atoms. The smallest absolute Gasteiger partial charge is 0.0653 e. The maximum Gasteiger partial charge on any atom is 0.0653 e. The van der Waals surface area contributed by atoms with E-state index in [9.17, 15) is 0 Å². The molecular formula is C11H13Cl3N2. The Hall–Kier alpha value is -0.150. The molecule has 0 amide bonds. The van der Waals surface area contributed by atoms with Crippen LogP contribution in [0.5, 0.6) is 0 Å². The second-order valence-corrected chi connectivity index (χ2v) is 5.14. The molecule has 1 aliphatic rings. The largest absolute Gasteiger partial charge is 0.381 e. The van der Waals surface area contributed by atoms with Gasteiger partial charge in [0, 0.05) is 6.04 Å². The minimum atomic E-state index is 0.455. The molecule has 0 aliphatic carbocycles. The Balaban J connectivity index is 2.11. The molecule has 0 unspecified atom stereocenters. The summed E-state index contributed by atoms with van der Waals surface area (Å²) in [5.41, 5.74) is 0.864. The zero-order chi connectivity index (χ0) is 11.5. The van der Waals surface area contributed by atoms with Crippen LogP contribution in [0.15, 0.2) is 12.1 Å². The summed E-state index contributed by atoms with van der Waals surface area (Å²) in [4.78, 5) is 0. The van der Waals surface area contributed by atoms with Crippen molar-refractivity contribution in [2.45, 2.75) is 18.9 Å². The summed E-state index contributed by atoms with van der Waals surface area (Å²) in [5, 5.41) is 8.35. The topological polar surface area (TPSA) is 24.1 Å². The third kappa shape index (κ3) is 2.95. The molecule has 2 rings (SSSR count). The van der Waals surface area contributed by atoms with E-state index < -0.39 is 0 Å². The van der Waals surface area contributed by atoms with E-state index in [4.69, 9.17) is 34.8 Å². The van der Waals surface area contributed by atoms with Crippen molar-refractivity contribution in [2.24, 2.45) is 0 Å². The quantitative estimate of drug-likeness (QED) is 0.805. The van der Waals surface area contributed by atoms with Crippen LogP contribution in [0.1, 0.15) is 12.8 Å². The van der Waals surface area contributed by atoms with E-state index in [-0.39, 0.29) is 0 Å². The molecule has 0 atom stereocenters. The van der Waals surface area contributed by atoms with E-state index in [1.807, 2.05) is 0 Å². The zero-order valence-corrected chi connectivity index (χ0v) is 11.0. The van der Waals surface area contributed by atoms with Crippen molar-refractivity contribution in [1.29, 1.82) is 0 Å². The van der Waals surface area contributed by atoms with E-state index in [2.05, 4.69) is 10.6 Å². The predicted molar refractivity (Wildman–Crippen MR) is 71.0 cm³/mol. The average molecular weight is 280 g/mol. The first-order valence-corrected chi connectivity index (χ1v) is 6.42. The second kappa shape index (κ2) is 5.46. The third-order valence-corrected chi connectivity index (χ3v) is 3.74. The van der Waals surface area contributed by atoms with Crippen LogP contribution in [0.2, 0.25) is 15.1 Å². The van der Waals surface area contributed by atoms with Crippen molar-refractivity contribution in [3.63, 3.8) is 0 Å². The minimum absolute atomic E-state index is 0.455. The van der Waals surface area contributed by atoms with Gasteiger partial charge in [-0.15, -0.1) is 0 Å². The number of anilines is 1. The van der Waals surface area contributed by atoms with Gasteiger partial charge in [0.15, 0.2) is 0 Å². The van der Waals surface area contributed by atoms with Crippen LogP contribution in [0.4, 0.5) is 5.69 Å². The second-order valence-electron chi connectivity index (χ2n) is 3.91. The Bertz CT molecular complexity index is 376. The Morgan fingerprint density at radius 2 is 1.62 bits per heavy atom. The molecule has 0 saturated carbocycles. The zero-order valence-electron chi connectivity index (χ0n) is 8.69. The summed E-state index contributed by atoms with van der Waals surface area (Å²) in [6.45, 7) is 2.08. The van der Waals surface area contributed by atoms with Gasteiger partial charge in [0.05, 0.1) is 20.8 Å². The van der Waals surface area contributed by atoms with Crippen LogP contribution in [0.3, 0.4) is 0 Å². The van der Waals surface area contributed by atoms with Crippen molar-refractivity contribution in [1.82, 2.24) is 5.32 Å². The van der Waals surface area contributed by atoms with Gasteiger partial charge in [-0.1, -0.05) is 34.8 Å². The van der Waals surface area contributed by atoms with Crippen molar-refractivity contribution >= 4 is 40.5 Å². The molecule has 5 heteroatoms. The summed E-state index contributed by atoms with van der Waals surface area (Å²) in [6.07, 6.45) is 2.19. The minimum Gasteiger partial charge on any atom is -0.381 e. The van der Waals surface area contributed by atoms with Gasteiger partial charge in [-0.25, -0.2) is 0 Å². The van der Waals surface area contributed by atoms with Crippen LogP contribution in [0, 0.1) is 0 Å². The molecule has 88 valence electrons. The van der Waals surface area contributed by atoms with Crippen LogP contribution in [-0.2, 0) is 0 Å². The molecule has 1 saturated heterocycles. The Kier molecular flexibility index (Phi) is 4.20. The Morgan fingerprint density at radius 3 is 2.31 bits per heavy atom. The molecule has 0 radical (unpaired) electrons. The molecule has 1 aromatic rings. The summed E-state index contributed by atoms with van der Waals surface area (Å²) >= 11 is 17.9. The first kappa shape index (κ1) is 12.3. The number of rotatable bonds is 2. The maximum atomic E-state index is 6.10. The fourth-order valence-corrected chi connectivity index (χ4v) is 2.42. The highest BCUT2D eigenvalue weighted by molar-refractivity contribution is 6.44. The molecule has 2 nitrogen and oxygen atoms in total. The number of piperidine rings is 1. The maximum absolute atomic E-state index is 6.10. The normalized spacial score (nSPS) is 17.4. The van der Waals surface area contributed by atoms with Crippen LogP contribution in [-0.4, -0.2) is 19.1 Å². The Labute approximate surface area is 110 Å². The number of halogens is 3. The van der Waals surface area contributed by atoms with Gasteiger partial charge in [0.1, 0.15) is 0 Å². The summed E-state index contributed by atoms with van der Waals surface area (Å²) in [7, 11) is 0. The van der Waals surface area contributed by atoms with Crippen LogP contribution in [0.25, 0.3) is 0 Å². The van der Waals surface area contributed by atoms with E-state index in [0.29, 0.717) is 21.1 Å². The van der Waals surface area contributed by atoms with Crippen LogP contribution >= 0.6 is 34.8 Å². The van der Waals surface area contributed by atoms with Crippen molar-refractivity contribution < 1.29 is 0 Å². The van der Waals surface area contributed by atoms with E-state index in [1.165, 1.54) is 0 Å². The molecule has 16 heavy (non-hydrogen) atoms. The highest BCUT2D eigenvalue weighted by atomic mass is 35.5. The highest BCUT2D eigenvalue weighted by Gasteiger charge is 2.14. The highest BCUT2D eigenvalue weighted by Crippen LogP contribution is 2.33. The Morgan fingerprint density at radius 1 is 1.00 bits per heavy atom. The van der Waals surface area contributed by atoms with Gasteiger partial charge < -0.3 is 10.6 Å². The van der Waals surface area contributed by atoms with Crippen LogP contribution < -0.4 is 10.6 Å². The first-order valence-electron chi connectivity index (χ1n) is 5.28. The fraction of sp³-hybridized carbons (Fsp3) is 0.455. The lowest BCUT2D eigenvalue weighted by molar-refractivity contribution is 0.479. The van der Waals surface area contributed by atoms with Crippen molar-refractivity contribution in [2.75, 3.05) is 18.4 Å². The van der Waals surface area contributed by atoms with E-state index in [0.717, 1.165) is 31.6 Å².